The molecule has 5 rings (SSSR count). The number of para-hydroxylation sites is 1. The first kappa shape index (κ1) is 19.2. The van der Waals surface area contributed by atoms with Crippen LogP contribution in [0, 0.1) is 0 Å². The lowest BCUT2D eigenvalue weighted by atomic mass is 10.2. The van der Waals surface area contributed by atoms with Crippen molar-refractivity contribution in [1.82, 2.24) is 19.7 Å². The summed E-state index contributed by atoms with van der Waals surface area (Å²) in [5, 5.41) is 5.98. The number of rotatable bonds is 4. The molecular weight excluding hydrogens is 394 g/mol. The number of nitrogens with one attached hydrogen (secondary N) is 1. The first-order chi connectivity index (χ1) is 15.1. The zero-order valence-corrected chi connectivity index (χ0v) is 17.2. The first-order valence-electron chi connectivity index (χ1n) is 10.3. The fourth-order valence-corrected chi connectivity index (χ4v) is 4.14. The molecule has 1 amide bonds. The van der Waals surface area contributed by atoms with E-state index in [0.717, 1.165) is 40.8 Å². The number of methoxy groups -OCH3 is 1. The highest BCUT2D eigenvalue weighted by molar-refractivity contribution is 6.06. The topological polar surface area (TPSA) is 83.5 Å². The molecule has 1 aliphatic heterocycles. The molecule has 8 nitrogen and oxygen atoms in total. The second kappa shape index (κ2) is 7.79. The molecule has 0 aliphatic carbocycles. The van der Waals surface area contributed by atoms with Crippen LogP contribution in [-0.2, 0) is 11.3 Å². The Kier molecular flexibility index (Phi) is 4.82. The summed E-state index contributed by atoms with van der Waals surface area (Å²) in [7, 11) is 1.65. The van der Waals surface area contributed by atoms with Crippen molar-refractivity contribution < 1.29 is 9.53 Å². The molecule has 2 aromatic heterocycles. The van der Waals surface area contributed by atoms with Gasteiger partial charge in [0.15, 0.2) is 0 Å². The largest absolute Gasteiger partial charge is 0.497 e. The normalized spacial score (nSPS) is 14.4. The summed E-state index contributed by atoms with van der Waals surface area (Å²) < 4.78 is 6.54. The second-order valence-electron chi connectivity index (χ2n) is 7.64. The number of ether oxygens (including phenoxy) is 1. The molecule has 4 aromatic rings. The van der Waals surface area contributed by atoms with Crippen molar-refractivity contribution in [3.05, 3.63) is 65.1 Å². The maximum Gasteiger partial charge on any atom is 0.291 e. The van der Waals surface area contributed by atoms with Gasteiger partial charge in [-0.25, -0.2) is 4.68 Å². The summed E-state index contributed by atoms with van der Waals surface area (Å²) in [5.74, 6) is 0.712. The molecule has 1 aliphatic rings. The third-order valence-electron chi connectivity index (χ3n) is 5.86. The van der Waals surface area contributed by atoms with E-state index in [1.807, 2.05) is 48.5 Å². The number of amides is 1. The number of carbonyl (C=O) groups excluding carboxylic acids is 1. The van der Waals surface area contributed by atoms with Crippen molar-refractivity contribution in [3.8, 4) is 5.75 Å². The molecule has 31 heavy (non-hydrogen) atoms. The Hall–Kier alpha value is -3.81. The maximum absolute atomic E-state index is 12.9. The lowest BCUT2D eigenvalue weighted by Gasteiger charge is -2.36. The smallest absolute Gasteiger partial charge is 0.291 e. The molecule has 0 radical (unpaired) electrons. The number of hydrogen-bond acceptors (Lipinski definition) is 5. The monoisotopic (exact) mass is 417 g/mol. The summed E-state index contributed by atoms with van der Waals surface area (Å²) in [6.45, 7) is 2.58. The Labute approximate surface area is 178 Å². The number of nitrogens with zero attached hydrogens (tertiary/aromatic N) is 4. The summed E-state index contributed by atoms with van der Waals surface area (Å²) in [5.41, 5.74) is 2.16. The van der Waals surface area contributed by atoms with Gasteiger partial charge in [0.1, 0.15) is 17.8 Å². The van der Waals surface area contributed by atoms with Crippen LogP contribution in [0.25, 0.3) is 21.8 Å². The molecule has 158 valence electrons. The number of piperazine rings is 1. The lowest BCUT2D eigenvalue weighted by Crippen LogP contribution is -2.50. The second-order valence-corrected chi connectivity index (χ2v) is 7.64. The first-order valence-corrected chi connectivity index (χ1v) is 10.3. The van der Waals surface area contributed by atoms with Gasteiger partial charge < -0.3 is 19.5 Å². The van der Waals surface area contributed by atoms with E-state index in [2.05, 4.69) is 15.0 Å². The minimum atomic E-state index is -0.280. The summed E-state index contributed by atoms with van der Waals surface area (Å²) in [4.78, 5) is 32.9. The van der Waals surface area contributed by atoms with E-state index in [4.69, 9.17) is 4.74 Å². The third-order valence-corrected chi connectivity index (χ3v) is 5.86. The van der Waals surface area contributed by atoms with Gasteiger partial charge in [-0.05, 0) is 18.2 Å². The van der Waals surface area contributed by atoms with Gasteiger partial charge in [-0.2, -0.15) is 5.10 Å². The minimum absolute atomic E-state index is 0.0662. The molecule has 1 N–H and O–H groups in total. The lowest BCUT2D eigenvalue weighted by molar-refractivity contribution is -0.132. The van der Waals surface area contributed by atoms with E-state index in [1.54, 1.807) is 18.2 Å². The van der Waals surface area contributed by atoms with E-state index in [0.29, 0.717) is 18.6 Å². The summed E-state index contributed by atoms with van der Waals surface area (Å²) in [6, 6.07) is 15.6. The van der Waals surface area contributed by atoms with Crippen LogP contribution >= 0.6 is 0 Å². The van der Waals surface area contributed by atoms with E-state index in [1.165, 1.54) is 4.68 Å². The predicted octanol–water partition coefficient (Wildman–Crippen LogP) is 2.24. The van der Waals surface area contributed by atoms with Gasteiger partial charge in [-0.15, -0.1) is 0 Å². The Morgan fingerprint density at radius 2 is 1.87 bits per heavy atom. The molecule has 8 heteroatoms. The van der Waals surface area contributed by atoms with Crippen molar-refractivity contribution in [2.45, 2.75) is 6.54 Å². The zero-order valence-electron chi connectivity index (χ0n) is 17.2. The Bertz CT molecular complexity index is 1320. The molecule has 2 aromatic carbocycles. The molecule has 0 bridgehead atoms. The molecule has 0 spiro atoms. The Morgan fingerprint density at radius 3 is 2.68 bits per heavy atom. The van der Waals surface area contributed by atoms with Crippen molar-refractivity contribution in [2.24, 2.45) is 0 Å². The van der Waals surface area contributed by atoms with E-state index < -0.39 is 0 Å². The van der Waals surface area contributed by atoms with Crippen LogP contribution in [-0.4, -0.2) is 58.9 Å². The highest BCUT2D eigenvalue weighted by Crippen LogP contribution is 2.23. The molecule has 3 heterocycles. The van der Waals surface area contributed by atoms with Crippen LogP contribution in [0.2, 0.25) is 0 Å². The van der Waals surface area contributed by atoms with Crippen molar-refractivity contribution >= 4 is 33.4 Å². The molecule has 1 saturated heterocycles. The standard InChI is InChI=1S/C23H23N5O3/c1-31-17-6-4-5-16(13-17)26-9-11-27(12-10-26)21(29)15-28-23(30)22-19(14-24-28)18-7-2-3-8-20(18)25-22/h2-8,13-14,25H,9-12,15H2,1H3. The number of H-pyrrole nitrogens is 1. The molecule has 1 fully saturated rings. The number of anilines is 1. The highest BCUT2D eigenvalue weighted by Gasteiger charge is 2.23. The zero-order chi connectivity index (χ0) is 21.4. The van der Waals surface area contributed by atoms with Gasteiger partial charge in [0.2, 0.25) is 5.91 Å². The van der Waals surface area contributed by atoms with Crippen LogP contribution in [0.3, 0.4) is 0 Å². The fraction of sp³-hybridized carbons (Fsp3) is 0.261. The van der Waals surface area contributed by atoms with Gasteiger partial charge in [-0.3, -0.25) is 9.59 Å². The number of aromatic nitrogens is 3. The fourth-order valence-electron chi connectivity index (χ4n) is 4.14. The van der Waals surface area contributed by atoms with Gasteiger partial charge in [-0.1, -0.05) is 24.3 Å². The maximum atomic E-state index is 12.9. The molecule has 0 atom stereocenters. The van der Waals surface area contributed by atoms with Gasteiger partial charge in [0.05, 0.1) is 13.3 Å². The molecular formula is C23H23N5O3. The number of hydrogen-bond donors (Lipinski definition) is 1. The van der Waals surface area contributed by atoms with E-state index in [9.17, 15) is 9.59 Å². The summed E-state index contributed by atoms with van der Waals surface area (Å²) in [6.07, 6.45) is 1.66. The van der Waals surface area contributed by atoms with Crippen LogP contribution in [0.5, 0.6) is 5.75 Å². The van der Waals surface area contributed by atoms with Crippen LogP contribution < -0.4 is 15.2 Å². The number of carbonyl (C=O) groups is 1. The number of benzene rings is 2. The van der Waals surface area contributed by atoms with Crippen molar-refractivity contribution in [2.75, 3.05) is 38.2 Å². The van der Waals surface area contributed by atoms with Crippen molar-refractivity contribution in [3.63, 3.8) is 0 Å². The highest BCUT2D eigenvalue weighted by atomic mass is 16.5. The molecule has 0 saturated carbocycles. The summed E-state index contributed by atoms with van der Waals surface area (Å²) >= 11 is 0. The Balaban J connectivity index is 1.29. The SMILES string of the molecule is COc1cccc(N2CCN(C(=O)Cn3ncc4c([nH]c5ccccc54)c3=O)CC2)c1. The van der Waals surface area contributed by atoms with Gasteiger partial charge in [0.25, 0.3) is 5.56 Å². The van der Waals surface area contributed by atoms with Crippen molar-refractivity contribution in [1.29, 1.82) is 0 Å². The number of fused-ring (bicyclic) bond motifs is 3. The Morgan fingerprint density at radius 1 is 1.06 bits per heavy atom. The van der Waals surface area contributed by atoms with Crippen LogP contribution in [0.4, 0.5) is 5.69 Å². The van der Waals surface area contributed by atoms with Crippen LogP contribution in [0.15, 0.2) is 59.5 Å². The van der Waals surface area contributed by atoms with Gasteiger partial charge in [0, 0.05) is 54.2 Å². The average molecular weight is 417 g/mol. The van der Waals surface area contributed by atoms with E-state index in [-0.39, 0.29) is 18.0 Å². The molecule has 0 unspecified atom stereocenters. The van der Waals surface area contributed by atoms with Gasteiger partial charge >= 0.3 is 0 Å². The van der Waals surface area contributed by atoms with E-state index >= 15 is 0 Å². The minimum Gasteiger partial charge on any atom is -0.497 e. The predicted molar refractivity (Wildman–Crippen MR) is 120 cm³/mol. The quantitative estimate of drug-likeness (QED) is 0.551. The number of aromatic amines is 1. The third kappa shape index (κ3) is 3.50. The van der Waals surface area contributed by atoms with Crippen LogP contribution in [0.1, 0.15) is 0 Å². The average Bonchev–Trinajstić information content (AvgIpc) is 3.20.